The van der Waals surface area contributed by atoms with Crippen molar-refractivity contribution in [1.29, 1.82) is 0 Å². The minimum absolute atomic E-state index is 0.0143. The molecule has 0 spiro atoms. The van der Waals surface area contributed by atoms with Crippen LogP contribution >= 0.6 is 0 Å². The average Bonchev–Trinajstić information content (AvgIpc) is 3.41. The highest BCUT2D eigenvalue weighted by Gasteiger charge is 2.65. The number of ether oxygens (including phenoxy) is 1. The van der Waals surface area contributed by atoms with Crippen molar-refractivity contribution in [3.8, 4) is 5.75 Å². The molecule has 0 aliphatic carbocycles. The van der Waals surface area contributed by atoms with Crippen LogP contribution in [0.5, 0.6) is 5.75 Å². The summed E-state index contributed by atoms with van der Waals surface area (Å²) in [6, 6.07) is 18.6. The lowest BCUT2D eigenvalue weighted by molar-refractivity contribution is -0.384. The summed E-state index contributed by atoms with van der Waals surface area (Å²) < 4.78 is 5.36. The molecule has 3 aliphatic heterocycles. The molecule has 2 fully saturated rings. The van der Waals surface area contributed by atoms with Gasteiger partial charge in [-0.25, -0.2) is 4.90 Å². The Morgan fingerprint density at radius 2 is 1.68 bits per heavy atom. The lowest BCUT2D eigenvalue weighted by Crippen LogP contribution is -2.46. The van der Waals surface area contributed by atoms with E-state index >= 15 is 0 Å². The second kappa shape index (κ2) is 8.84. The number of carbonyl (C=O) groups excluding carboxylic acids is 3. The number of nitrogens with one attached hydrogen (secondary N) is 1. The van der Waals surface area contributed by atoms with Gasteiger partial charge in [0.05, 0.1) is 29.9 Å². The Morgan fingerprint density at radius 1 is 0.974 bits per heavy atom. The highest BCUT2D eigenvalue weighted by atomic mass is 16.6. The van der Waals surface area contributed by atoms with Gasteiger partial charge in [0.2, 0.25) is 17.7 Å². The van der Waals surface area contributed by atoms with Crippen LogP contribution in [0, 0.1) is 22.0 Å². The molecular formula is C28H22N4O6. The van der Waals surface area contributed by atoms with Crippen molar-refractivity contribution in [2.45, 2.75) is 12.1 Å². The van der Waals surface area contributed by atoms with Gasteiger partial charge < -0.3 is 15.0 Å². The van der Waals surface area contributed by atoms with Crippen molar-refractivity contribution in [1.82, 2.24) is 4.90 Å². The SMILES string of the molecule is COc1ccc([N+](=O)[O-])cc1N1C(=O)C2C(C1=O)C1c3ccccc3C=CN1C2C(=O)Nc1ccccc1. The highest BCUT2D eigenvalue weighted by Crippen LogP contribution is 2.54. The Bertz CT molecular complexity index is 1520. The molecule has 3 aromatic carbocycles. The first-order valence-corrected chi connectivity index (χ1v) is 12.0. The molecule has 0 saturated carbocycles. The van der Waals surface area contributed by atoms with Crippen molar-refractivity contribution in [3.05, 3.63) is 100 Å². The van der Waals surface area contributed by atoms with E-state index in [2.05, 4.69) is 5.32 Å². The number of fused-ring (bicyclic) bond motifs is 5. The molecule has 10 nitrogen and oxygen atoms in total. The minimum Gasteiger partial charge on any atom is -0.495 e. The number of benzene rings is 3. The highest BCUT2D eigenvalue weighted by molar-refractivity contribution is 6.25. The molecule has 10 heteroatoms. The number of non-ortho nitro benzene ring substituents is 1. The first-order valence-electron chi connectivity index (χ1n) is 12.0. The van der Waals surface area contributed by atoms with Gasteiger partial charge in [-0.15, -0.1) is 0 Å². The molecular weight excluding hydrogens is 488 g/mol. The molecule has 3 amide bonds. The van der Waals surface area contributed by atoms with Crippen molar-refractivity contribution < 1.29 is 24.0 Å². The number of nitro groups is 1. The van der Waals surface area contributed by atoms with Crippen LogP contribution in [0.4, 0.5) is 17.1 Å². The van der Waals surface area contributed by atoms with Crippen LogP contribution in [0.25, 0.3) is 6.08 Å². The summed E-state index contributed by atoms with van der Waals surface area (Å²) in [5, 5.41) is 14.4. The van der Waals surface area contributed by atoms with E-state index in [9.17, 15) is 24.5 Å². The van der Waals surface area contributed by atoms with Crippen LogP contribution < -0.4 is 15.0 Å². The summed E-state index contributed by atoms with van der Waals surface area (Å²) in [7, 11) is 1.36. The smallest absolute Gasteiger partial charge is 0.271 e. The van der Waals surface area contributed by atoms with E-state index in [0.29, 0.717) is 5.69 Å². The Labute approximate surface area is 217 Å². The standard InChI is InChI=1S/C28H22N4O6/c1-38-21-12-11-18(32(36)37)15-20(21)31-27(34)22-23(28(31)35)25(26(33)29-17-8-3-2-4-9-17)30-14-13-16-7-5-6-10-19(16)24(22)30/h2-15,22-25H,1H3,(H,29,33). The van der Waals surface area contributed by atoms with Gasteiger partial charge in [0.15, 0.2) is 0 Å². The quantitative estimate of drug-likeness (QED) is 0.315. The second-order valence-corrected chi connectivity index (χ2v) is 9.31. The Kier molecular flexibility index (Phi) is 5.45. The second-order valence-electron chi connectivity index (χ2n) is 9.31. The van der Waals surface area contributed by atoms with Gasteiger partial charge in [-0.3, -0.25) is 24.5 Å². The van der Waals surface area contributed by atoms with E-state index in [0.717, 1.165) is 22.1 Å². The molecule has 6 rings (SSSR count). The zero-order valence-corrected chi connectivity index (χ0v) is 20.2. The third kappa shape index (κ3) is 3.45. The van der Waals surface area contributed by atoms with E-state index < -0.39 is 46.6 Å². The van der Waals surface area contributed by atoms with E-state index in [4.69, 9.17) is 4.74 Å². The van der Waals surface area contributed by atoms with Crippen LogP contribution in [0.2, 0.25) is 0 Å². The molecule has 0 radical (unpaired) electrons. The van der Waals surface area contributed by atoms with Crippen LogP contribution in [0.3, 0.4) is 0 Å². The molecule has 3 aliphatic rings. The molecule has 2 saturated heterocycles. The lowest BCUT2D eigenvalue weighted by atomic mass is 9.84. The van der Waals surface area contributed by atoms with E-state index in [-0.39, 0.29) is 17.1 Å². The molecule has 190 valence electrons. The van der Waals surface area contributed by atoms with Gasteiger partial charge in [-0.1, -0.05) is 42.5 Å². The summed E-state index contributed by atoms with van der Waals surface area (Å²) in [6.45, 7) is 0. The maximum Gasteiger partial charge on any atom is 0.271 e. The molecule has 1 N–H and O–H groups in total. The topological polar surface area (TPSA) is 122 Å². The summed E-state index contributed by atoms with van der Waals surface area (Å²) in [5.41, 5.74) is 1.98. The van der Waals surface area contributed by atoms with Gasteiger partial charge in [-0.05, 0) is 35.4 Å². The van der Waals surface area contributed by atoms with Crippen LogP contribution in [-0.4, -0.2) is 40.7 Å². The number of hydrogen-bond donors (Lipinski definition) is 1. The van der Waals surface area contributed by atoms with E-state index in [1.165, 1.54) is 19.2 Å². The fourth-order valence-electron chi connectivity index (χ4n) is 5.80. The van der Waals surface area contributed by atoms with Crippen molar-refractivity contribution in [3.63, 3.8) is 0 Å². The molecule has 0 aromatic heterocycles. The predicted molar refractivity (Wildman–Crippen MR) is 138 cm³/mol. The number of anilines is 2. The number of amides is 3. The van der Waals surface area contributed by atoms with Crippen molar-refractivity contribution in [2.75, 3.05) is 17.3 Å². The number of rotatable bonds is 5. The number of carbonyl (C=O) groups is 3. The maximum atomic E-state index is 14.0. The average molecular weight is 511 g/mol. The van der Waals surface area contributed by atoms with E-state index in [1.54, 1.807) is 35.4 Å². The van der Waals surface area contributed by atoms with Gasteiger partial charge in [0.25, 0.3) is 5.69 Å². The monoisotopic (exact) mass is 510 g/mol. The molecule has 4 unspecified atom stereocenters. The molecule has 3 aromatic rings. The number of methoxy groups -OCH3 is 1. The summed E-state index contributed by atoms with van der Waals surface area (Å²) in [4.78, 5) is 55.4. The zero-order valence-electron chi connectivity index (χ0n) is 20.2. The first kappa shape index (κ1) is 23.4. The fraction of sp³-hybridized carbons (Fsp3) is 0.179. The van der Waals surface area contributed by atoms with Crippen LogP contribution in [0.1, 0.15) is 17.2 Å². The van der Waals surface area contributed by atoms with Crippen molar-refractivity contribution >= 4 is 40.9 Å². The maximum absolute atomic E-state index is 14.0. The summed E-state index contributed by atoms with van der Waals surface area (Å²) >= 11 is 0. The normalized spacial score (nSPS) is 23.1. The first-order chi connectivity index (χ1) is 18.4. The molecule has 4 atom stereocenters. The summed E-state index contributed by atoms with van der Waals surface area (Å²) in [6.07, 6.45) is 3.63. The minimum atomic E-state index is -1.02. The third-order valence-electron chi connectivity index (χ3n) is 7.39. The largest absolute Gasteiger partial charge is 0.495 e. The van der Waals surface area contributed by atoms with Gasteiger partial charge in [-0.2, -0.15) is 0 Å². The molecule has 3 heterocycles. The van der Waals surface area contributed by atoms with Gasteiger partial charge in [0, 0.05) is 24.0 Å². The van der Waals surface area contributed by atoms with Crippen molar-refractivity contribution in [2.24, 2.45) is 11.8 Å². The van der Waals surface area contributed by atoms with E-state index in [1.807, 2.05) is 36.4 Å². The number of nitrogens with zero attached hydrogens (tertiary/aromatic N) is 3. The number of nitro benzene ring substituents is 1. The van der Waals surface area contributed by atoms with Gasteiger partial charge in [0.1, 0.15) is 17.5 Å². The fourth-order valence-corrected chi connectivity index (χ4v) is 5.80. The Hall–Kier alpha value is -4.99. The molecule has 0 bridgehead atoms. The third-order valence-corrected chi connectivity index (χ3v) is 7.39. The molecule has 38 heavy (non-hydrogen) atoms. The number of imide groups is 1. The Balaban J connectivity index is 1.47. The Morgan fingerprint density at radius 3 is 2.42 bits per heavy atom. The van der Waals surface area contributed by atoms with Crippen LogP contribution in [-0.2, 0) is 14.4 Å². The number of para-hydroxylation sites is 1. The number of hydrogen-bond acceptors (Lipinski definition) is 7. The van der Waals surface area contributed by atoms with Gasteiger partial charge >= 0.3 is 0 Å². The predicted octanol–water partition coefficient (Wildman–Crippen LogP) is 3.76. The summed E-state index contributed by atoms with van der Waals surface area (Å²) in [5.74, 6) is -3.32. The zero-order chi connectivity index (χ0) is 26.6. The van der Waals surface area contributed by atoms with Crippen LogP contribution in [0.15, 0.2) is 79.0 Å². The lowest BCUT2D eigenvalue weighted by Gasteiger charge is -2.35.